The Hall–Kier alpha value is -1.97. The van der Waals surface area contributed by atoms with Gasteiger partial charge in [-0.1, -0.05) is 0 Å². The normalized spacial score (nSPS) is 17.0. The van der Waals surface area contributed by atoms with Gasteiger partial charge in [0.25, 0.3) is 0 Å². The number of rotatable bonds is 9. The van der Waals surface area contributed by atoms with Crippen molar-refractivity contribution in [2.24, 2.45) is 0 Å². The highest BCUT2D eigenvalue weighted by molar-refractivity contribution is 7.14. The SMILES string of the molecule is COCCCNC(=O)CN(C)[C@@H]1CCN(c2sccc2C(=O)OC)C1=O. The Morgan fingerprint density at radius 1 is 1.42 bits per heavy atom. The summed E-state index contributed by atoms with van der Waals surface area (Å²) < 4.78 is 9.71. The Kier molecular flexibility index (Phi) is 7.55. The minimum atomic E-state index is -0.457. The van der Waals surface area contributed by atoms with E-state index in [9.17, 15) is 14.4 Å². The maximum Gasteiger partial charge on any atom is 0.340 e. The van der Waals surface area contributed by atoms with E-state index in [1.807, 2.05) is 0 Å². The van der Waals surface area contributed by atoms with Crippen molar-refractivity contribution in [1.29, 1.82) is 0 Å². The van der Waals surface area contributed by atoms with Gasteiger partial charge in [-0.3, -0.25) is 14.5 Å². The number of nitrogens with one attached hydrogen (secondary N) is 1. The van der Waals surface area contributed by atoms with Crippen LogP contribution in [-0.2, 0) is 19.1 Å². The molecule has 1 aliphatic rings. The standard InChI is InChI=1S/C17H25N3O5S/c1-19(11-14(21)18-7-4-9-24-2)13-5-8-20(15(13)22)16-12(6-10-26-16)17(23)25-3/h6,10,13H,4-5,7-9,11H2,1-3H3,(H,18,21)/t13-/m1/s1. The molecule has 0 aliphatic carbocycles. The molecule has 0 aromatic carbocycles. The zero-order chi connectivity index (χ0) is 19.1. The summed E-state index contributed by atoms with van der Waals surface area (Å²) in [6, 6.07) is 1.27. The molecular formula is C17H25N3O5S. The summed E-state index contributed by atoms with van der Waals surface area (Å²) in [5.41, 5.74) is 0.394. The lowest BCUT2D eigenvalue weighted by atomic mass is 10.2. The summed E-state index contributed by atoms with van der Waals surface area (Å²) in [5, 5.41) is 5.17. The maximum atomic E-state index is 12.8. The topological polar surface area (TPSA) is 88.2 Å². The molecule has 1 aliphatic heterocycles. The van der Waals surface area contributed by atoms with Gasteiger partial charge in [0, 0.05) is 26.8 Å². The molecule has 9 heteroatoms. The molecule has 1 aromatic rings. The number of methoxy groups -OCH3 is 2. The number of carbonyl (C=O) groups is 3. The largest absolute Gasteiger partial charge is 0.465 e. The van der Waals surface area contributed by atoms with Gasteiger partial charge in [-0.05, 0) is 31.3 Å². The van der Waals surface area contributed by atoms with E-state index in [4.69, 9.17) is 9.47 Å². The summed E-state index contributed by atoms with van der Waals surface area (Å²) in [5.74, 6) is -0.685. The molecule has 1 aromatic heterocycles. The number of carbonyl (C=O) groups excluding carboxylic acids is 3. The zero-order valence-corrected chi connectivity index (χ0v) is 16.1. The summed E-state index contributed by atoms with van der Waals surface area (Å²) in [6.07, 6.45) is 1.35. The quantitative estimate of drug-likeness (QED) is 0.499. The fourth-order valence-corrected chi connectivity index (χ4v) is 3.81. The van der Waals surface area contributed by atoms with Gasteiger partial charge in [0.05, 0.1) is 25.3 Å². The predicted molar refractivity (Wildman–Crippen MR) is 98.5 cm³/mol. The second kappa shape index (κ2) is 9.65. The molecule has 0 bridgehead atoms. The van der Waals surface area contributed by atoms with Crippen LogP contribution in [0.1, 0.15) is 23.2 Å². The first kappa shape index (κ1) is 20.3. The summed E-state index contributed by atoms with van der Waals surface area (Å²) in [7, 11) is 4.69. The van der Waals surface area contributed by atoms with Crippen molar-refractivity contribution in [2.75, 3.05) is 52.4 Å². The minimum Gasteiger partial charge on any atom is -0.465 e. The number of nitrogens with zero attached hydrogens (tertiary/aromatic N) is 2. The third-order valence-electron chi connectivity index (χ3n) is 4.24. The average molecular weight is 383 g/mol. The smallest absolute Gasteiger partial charge is 0.340 e. The Balaban J connectivity index is 1.93. The first-order valence-electron chi connectivity index (χ1n) is 8.42. The lowest BCUT2D eigenvalue weighted by molar-refractivity contribution is -0.125. The molecule has 0 saturated carbocycles. The molecule has 0 unspecified atom stereocenters. The van der Waals surface area contributed by atoms with Gasteiger partial charge in [-0.2, -0.15) is 0 Å². The summed E-state index contributed by atoms with van der Waals surface area (Å²) in [4.78, 5) is 40.0. The van der Waals surface area contributed by atoms with Gasteiger partial charge < -0.3 is 19.7 Å². The van der Waals surface area contributed by atoms with E-state index in [1.54, 1.807) is 35.4 Å². The number of likely N-dealkylation sites (N-methyl/N-ethyl adjacent to an activating group) is 1. The Morgan fingerprint density at radius 2 is 2.19 bits per heavy atom. The van der Waals surface area contributed by atoms with Crippen LogP contribution in [0.25, 0.3) is 0 Å². The number of amides is 2. The molecule has 1 fully saturated rings. The average Bonchev–Trinajstić information content (AvgIpc) is 3.24. The van der Waals surface area contributed by atoms with Gasteiger partial charge in [0.2, 0.25) is 11.8 Å². The highest BCUT2D eigenvalue weighted by atomic mass is 32.1. The van der Waals surface area contributed by atoms with Crippen molar-refractivity contribution >= 4 is 34.1 Å². The van der Waals surface area contributed by atoms with Crippen LogP contribution in [0.15, 0.2) is 11.4 Å². The minimum absolute atomic E-state index is 0.104. The van der Waals surface area contributed by atoms with Crippen LogP contribution in [-0.4, -0.2) is 76.2 Å². The molecule has 0 radical (unpaired) electrons. The first-order valence-corrected chi connectivity index (χ1v) is 9.30. The Morgan fingerprint density at radius 3 is 2.88 bits per heavy atom. The fraction of sp³-hybridized carbons (Fsp3) is 0.588. The number of thiophene rings is 1. The highest BCUT2D eigenvalue weighted by Crippen LogP contribution is 2.32. The van der Waals surface area contributed by atoms with Crippen molar-refractivity contribution < 1.29 is 23.9 Å². The van der Waals surface area contributed by atoms with Gasteiger partial charge in [0.1, 0.15) is 5.00 Å². The number of anilines is 1. The number of esters is 1. The van der Waals surface area contributed by atoms with Crippen molar-refractivity contribution in [3.05, 3.63) is 17.0 Å². The monoisotopic (exact) mass is 383 g/mol. The van der Waals surface area contributed by atoms with Crippen LogP contribution in [0.4, 0.5) is 5.00 Å². The van der Waals surface area contributed by atoms with E-state index in [0.29, 0.717) is 36.7 Å². The van der Waals surface area contributed by atoms with Crippen molar-refractivity contribution in [1.82, 2.24) is 10.2 Å². The van der Waals surface area contributed by atoms with Crippen LogP contribution in [0.2, 0.25) is 0 Å². The van der Waals surface area contributed by atoms with E-state index < -0.39 is 5.97 Å². The summed E-state index contributed by atoms with van der Waals surface area (Å²) in [6.45, 7) is 1.79. The number of ether oxygens (including phenoxy) is 2. The molecule has 2 rings (SSSR count). The van der Waals surface area contributed by atoms with Crippen molar-refractivity contribution in [3.8, 4) is 0 Å². The molecular weight excluding hydrogens is 358 g/mol. The molecule has 8 nitrogen and oxygen atoms in total. The van der Waals surface area contributed by atoms with E-state index in [-0.39, 0.29) is 24.4 Å². The van der Waals surface area contributed by atoms with E-state index in [0.717, 1.165) is 6.42 Å². The second-order valence-corrected chi connectivity index (χ2v) is 6.93. The lowest BCUT2D eigenvalue weighted by Crippen LogP contribution is -2.44. The molecule has 26 heavy (non-hydrogen) atoms. The van der Waals surface area contributed by atoms with Crippen LogP contribution < -0.4 is 10.2 Å². The Labute approximate surface area is 157 Å². The fourth-order valence-electron chi connectivity index (χ4n) is 2.89. The molecule has 1 atom stereocenters. The van der Waals surface area contributed by atoms with Gasteiger partial charge in [-0.25, -0.2) is 4.79 Å². The maximum absolute atomic E-state index is 12.8. The van der Waals surface area contributed by atoms with Crippen molar-refractivity contribution in [3.63, 3.8) is 0 Å². The highest BCUT2D eigenvalue weighted by Gasteiger charge is 2.37. The van der Waals surface area contributed by atoms with Crippen LogP contribution in [0, 0.1) is 0 Å². The summed E-state index contributed by atoms with van der Waals surface area (Å²) >= 11 is 1.33. The van der Waals surface area contributed by atoms with E-state index in [1.165, 1.54) is 18.4 Å². The van der Waals surface area contributed by atoms with E-state index >= 15 is 0 Å². The third kappa shape index (κ3) is 4.80. The molecule has 2 heterocycles. The van der Waals surface area contributed by atoms with Crippen LogP contribution >= 0.6 is 11.3 Å². The van der Waals surface area contributed by atoms with Crippen LogP contribution in [0.5, 0.6) is 0 Å². The predicted octanol–water partition coefficient (Wildman–Crippen LogP) is 0.724. The third-order valence-corrected chi connectivity index (χ3v) is 5.18. The van der Waals surface area contributed by atoms with Gasteiger partial charge in [-0.15, -0.1) is 11.3 Å². The van der Waals surface area contributed by atoms with Crippen molar-refractivity contribution in [2.45, 2.75) is 18.9 Å². The molecule has 2 amide bonds. The van der Waals surface area contributed by atoms with Crippen LogP contribution in [0.3, 0.4) is 0 Å². The molecule has 144 valence electrons. The molecule has 1 saturated heterocycles. The second-order valence-electron chi connectivity index (χ2n) is 6.04. The molecule has 1 N–H and O–H groups in total. The first-order chi connectivity index (χ1) is 12.5. The van der Waals surface area contributed by atoms with Gasteiger partial charge >= 0.3 is 5.97 Å². The Bertz CT molecular complexity index is 648. The van der Waals surface area contributed by atoms with Gasteiger partial charge in [0.15, 0.2) is 0 Å². The number of hydrogen-bond acceptors (Lipinski definition) is 7. The van der Waals surface area contributed by atoms with E-state index in [2.05, 4.69) is 5.32 Å². The zero-order valence-electron chi connectivity index (χ0n) is 15.3. The number of hydrogen-bond donors (Lipinski definition) is 1. The lowest BCUT2D eigenvalue weighted by Gasteiger charge is -2.23. The molecule has 0 spiro atoms.